The Kier molecular flexibility index (Phi) is 4.21. The maximum Gasteiger partial charge on any atom is 0.315 e. The fraction of sp³-hybridized carbons (Fsp3) is 0.500. The predicted octanol–water partition coefficient (Wildman–Crippen LogP) is 0.391. The maximum absolute atomic E-state index is 11.4. The Labute approximate surface area is 57.6 Å². The monoisotopic (exact) mass is 147 g/mol. The molecule has 0 atom stereocenters. The van der Waals surface area contributed by atoms with Crippen LogP contribution in [0.1, 0.15) is 6.92 Å². The minimum atomic E-state index is -2.95. The number of hydrogen-bond donors (Lipinski definition) is 1. The first-order valence-electron chi connectivity index (χ1n) is 2.64. The Morgan fingerprint density at radius 1 is 1.70 bits per heavy atom. The smallest absolute Gasteiger partial charge is 0.315 e. The van der Waals surface area contributed by atoms with Crippen molar-refractivity contribution < 1.29 is 13.6 Å². The molecule has 0 radical (unpaired) electrons. The summed E-state index contributed by atoms with van der Waals surface area (Å²) in [5, 5.41) is 1.92. The highest BCUT2D eigenvalue weighted by molar-refractivity contribution is 5.79. The van der Waals surface area contributed by atoms with Crippen LogP contribution in [0.4, 0.5) is 8.78 Å². The molecule has 0 aromatic carbocycles. The second kappa shape index (κ2) is 4.74. The van der Waals surface area contributed by atoms with Crippen molar-refractivity contribution in [2.24, 2.45) is 0 Å². The van der Waals surface area contributed by atoms with Crippen LogP contribution >= 0.6 is 0 Å². The van der Waals surface area contributed by atoms with Crippen LogP contribution in [-0.2, 0) is 4.79 Å². The molecule has 0 unspecified atom stereocenters. The number of rotatable bonds is 2. The second-order valence-corrected chi connectivity index (χ2v) is 1.45. The number of halogens is 2. The summed E-state index contributed by atoms with van der Waals surface area (Å²) in [6.45, 7) is 1.55. The summed E-state index contributed by atoms with van der Waals surface area (Å²) < 4.78 is 22.8. The molecule has 0 bridgehead atoms. The topological polar surface area (TPSA) is 29.1 Å². The third-order valence-electron chi connectivity index (χ3n) is 0.726. The summed E-state index contributed by atoms with van der Waals surface area (Å²) >= 11 is 0. The lowest BCUT2D eigenvalue weighted by Gasteiger charge is -1.96. The van der Waals surface area contributed by atoms with E-state index in [0.29, 0.717) is 0 Å². The lowest BCUT2D eigenvalue weighted by Crippen LogP contribution is -2.29. The lowest BCUT2D eigenvalue weighted by atomic mass is 10.5. The van der Waals surface area contributed by atoms with E-state index < -0.39 is 12.3 Å². The third-order valence-corrected chi connectivity index (χ3v) is 0.726. The number of alkyl halides is 2. The van der Waals surface area contributed by atoms with Crippen molar-refractivity contribution in [2.45, 2.75) is 13.3 Å². The van der Waals surface area contributed by atoms with E-state index >= 15 is 0 Å². The average Bonchev–Trinajstić information content (AvgIpc) is 1.88. The summed E-state index contributed by atoms with van der Waals surface area (Å²) in [5.74, 6) is 3.60. The molecule has 0 aliphatic heterocycles. The van der Waals surface area contributed by atoms with Crippen molar-refractivity contribution in [3.05, 3.63) is 0 Å². The number of hydrogen-bond acceptors (Lipinski definition) is 1. The quantitative estimate of drug-likeness (QED) is 0.562. The first-order valence-corrected chi connectivity index (χ1v) is 2.64. The zero-order valence-electron chi connectivity index (χ0n) is 5.45. The predicted molar refractivity (Wildman–Crippen MR) is 32.5 cm³/mol. The van der Waals surface area contributed by atoms with E-state index in [1.807, 2.05) is 5.32 Å². The molecule has 4 heteroatoms. The molecule has 0 rings (SSSR count). The Morgan fingerprint density at radius 3 is 2.70 bits per heavy atom. The van der Waals surface area contributed by atoms with Gasteiger partial charge in [0, 0.05) is 0 Å². The highest BCUT2D eigenvalue weighted by Crippen LogP contribution is 1.89. The molecule has 0 heterocycles. The molecule has 0 saturated carbocycles. The minimum absolute atomic E-state index is 0.0142. The molecule has 1 amide bonds. The van der Waals surface area contributed by atoms with Crippen LogP contribution < -0.4 is 5.32 Å². The highest BCUT2D eigenvalue weighted by atomic mass is 19.3. The van der Waals surface area contributed by atoms with Gasteiger partial charge in [-0.05, 0) is 6.92 Å². The van der Waals surface area contributed by atoms with Gasteiger partial charge >= 0.3 is 6.43 Å². The molecule has 10 heavy (non-hydrogen) atoms. The van der Waals surface area contributed by atoms with Crippen molar-refractivity contribution >= 4 is 5.91 Å². The van der Waals surface area contributed by atoms with Gasteiger partial charge in [0.1, 0.15) is 0 Å². The summed E-state index contributed by atoms with van der Waals surface area (Å²) in [4.78, 5) is 10.1. The first kappa shape index (κ1) is 8.89. The van der Waals surface area contributed by atoms with Crippen molar-refractivity contribution in [3.63, 3.8) is 0 Å². The highest BCUT2D eigenvalue weighted by Gasteiger charge is 2.12. The fourth-order valence-electron chi connectivity index (χ4n) is 0.297. The van der Waals surface area contributed by atoms with Crippen molar-refractivity contribution in [1.82, 2.24) is 5.32 Å². The lowest BCUT2D eigenvalue weighted by molar-refractivity contribution is -0.131. The number of carbonyl (C=O) groups is 1. The van der Waals surface area contributed by atoms with E-state index in [0.717, 1.165) is 0 Å². The zero-order valence-corrected chi connectivity index (χ0v) is 5.45. The molecule has 0 fully saturated rings. The molecular formula is C6H7F2NO. The number of nitrogens with one attached hydrogen (secondary N) is 1. The molecule has 56 valence electrons. The zero-order chi connectivity index (χ0) is 7.98. The summed E-state index contributed by atoms with van der Waals surface area (Å²) in [6.07, 6.45) is -2.95. The van der Waals surface area contributed by atoms with Gasteiger partial charge in [-0.2, -0.15) is 8.78 Å². The molecule has 0 aliphatic carbocycles. The van der Waals surface area contributed by atoms with E-state index in [2.05, 4.69) is 11.8 Å². The number of amides is 1. The molecule has 0 spiro atoms. The molecule has 0 aliphatic rings. The Hall–Kier alpha value is -1.11. The van der Waals surface area contributed by atoms with E-state index in [1.54, 1.807) is 6.92 Å². The molecule has 2 nitrogen and oxygen atoms in total. The Morgan fingerprint density at radius 2 is 2.30 bits per heavy atom. The molecule has 0 aromatic rings. The van der Waals surface area contributed by atoms with Crippen LogP contribution in [0.2, 0.25) is 0 Å². The standard InChI is InChI=1S/C6H7F2NO/c1-2-3-4-9-6(10)5(7)8/h5H,4H2,1H3,(H,9,10). The summed E-state index contributed by atoms with van der Waals surface area (Å²) in [6, 6.07) is 0. The minimum Gasteiger partial charge on any atom is -0.340 e. The van der Waals surface area contributed by atoms with Crippen LogP contribution in [0.25, 0.3) is 0 Å². The average molecular weight is 147 g/mol. The van der Waals surface area contributed by atoms with Gasteiger partial charge in [-0.1, -0.05) is 5.92 Å². The molecule has 0 aromatic heterocycles. The summed E-state index contributed by atoms with van der Waals surface area (Å²) in [5.41, 5.74) is 0. The Bertz CT molecular complexity index is 168. The number of carbonyl (C=O) groups excluding carboxylic acids is 1. The van der Waals surface area contributed by atoms with Gasteiger partial charge in [0.15, 0.2) is 0 Å². The third kappa shape index (κ3) is 3.84. The normalized spacial score (nSPS) is 8.40. The van der Waals surface area contributed by atoms with Gasteiger partial charge in [0.25, 0.3) is 5.91 Å². The first-order chi connectivity index (χ1) is 4.68. The van der Waals surface area contributed by atoms with E-state index in [4.69, 9.17) is 0 Å². The van der Waals surface area contributed by atoms with Crippen molar-refractivity contribution in [1.29, 1.82) is 0 Å². The molecule has 0 saturated heterocycles. The van der Waals surface area contributed by atoms with Gasteiger partial charge in [0.05, 0.1) is 6.54 Å². The van der Waals surface area contributed by atoms with Gasteiger partial charge < -0.3 is 5.32 Å². The van der Waals surface area contributed by atoms with Crippen LogP contribution in [0, 0.1) is 11.8 Å². The van der Waals surface area contributed by atoms with Gasteiger partial charge in [-0.25, -0.2) is 0 Å². The maximum atomic E-state index is 11.4. The van der Waals surface area contributed by atoms with E-state index in [9.17, 15) is 13.6 Å². The summed E-state index contributed by atoms with van der Waals surface area (Å²) in [7, 11) is 0. The van der Waals surface area contributed by atoms with Crippen LogP contribution in [-0.4, -0.2) is 18.9 Å². The SMILES string of the molecule is CC#CCNC(=O)C(F)F. The molecular weight excluding hydrogens is 140 g/mol. The van der Waals surface area contributed by atoms with Gasteiger partial charge in [0.2, 0.25) is 0 Å². The van der Waals surface area contributed by atoms with Crippen molar-refractivity contribution in [3.8, 4) is 11.8 Å². The second-order valence-electron chi connectivity index (χ2n) is 1.45. The van der Waals surface area contributed by atoms with E-state index in [-0.39, 0.29) is 6.54 Å². The van der Waals surface area contributed by atoms with E-state index in [1.165, 1.54) is 0 Å². The largest absolute Gasteiger partial charge is 0.340 e. The van der Waals surface area contributed by atoms with Crippen LogP contribution in [0.3, 0.4) is 0 Å². The van der Waals surface area contributed by atoms with Gasteiger partial charge in [-0.15, -0.1) is 5.92 Å². The van der Waals surface area contributed by atoms with Crippen LogP contribution in [0.5, 0.6) is 0 Å². The fourth-order valence-corrected chi connectivity index (χ4v) is 0.297. The van der Waals surface area contributed by atoms with Gasteiger partial charge in [-0.3, -0.25) is 4.79 Å². The van der Waals surface area contributed by atoms with Crippen LogP contribution in [0.15, 0.2) is 0 Å². The van der Waals surface area contributed by atoms with Crippen molar-refractivity contribution in [2.75, 3.05) is 6.54 Å². The Balaban J connectivity index is 3.47. The molecule has 1 N–H and O–H groups in total.